The van der Waals surface area contributed by atoms with Crippen molar-refractivity contribution in [3.8, 4) is 0 Å². The summed E-state index contributed by atoms with van der Waals surface area (Å²) in [5.41, 5.74) is 2.17. The minimum absolute atomic E-state index is 0.0325. The number of aromatic nitrogens is 2. The molecule has 1 aromatic heterocycles. The summed E-state index contributed by atoms with van der Waals surface area (Å²) in [5.74, 6) is 0.941. The third-order valence-corrected chi connectivity index (χ3v) is 4.60. The fourth-order valence-corrected chi connectivity index (χ4v) is 3.00. The van der Waals surface area contributed by atoms with Crippen LogP contribution >= 0.6 is 0 Å². The van der Waals surface area contributed by atoms with Crippen molar-refractivity contribution < 1.29 is 9.53 Å². The topological polar surface area (TPSA) is 70.6 Å². The first kappa shape index (κ1) is 19.1. The Morgan fingerprint density at radius 2 is 1.93 bits per heavy atom. The monoisotopic (exact) mass is 369 g/mol. The van der Waals surface area contributed by atoms with Crippen molar-refractivity contribution in [2.45, 2.75) is 20.0 Å². The van der Waals surface area contributed by atoms with Gasteiger partial charge in [0.1, 0.15) is 12.1 Å². The average molecular weight is 369 g/mol. The summed E-state index contributed by atoms with van der Waals surface area (Å²) in [6.07, 6.45) is 2.51. The number of hydrogen-bond donors (Lipinski definition) is 1. The average Bonchev–Trinajstić information content (AvgIpc) is 2.74. The summed E-state index contributed by atoms with van der Waals surface area (Å²) >= 11 is 0. The van der Waals surface area contributed by atoms with E-state index in [9.17, 15) is 4.79 Å². The maximum absolute atomic E-state index is 12.3. The Balaban J connectivity index is 1.34. The van der Waals surface area contributed by atoms with Gasteiger partial charge in [-0.25, -0.2) is 14.8 Å². The predicted molar refractivity (Wildman–Crippen MR) is 105 cm³/mol. The molecule has 1 saturated heterocycles. The van der Waals surface area contributed by atoms with Gasteiger partial charge in [0.25, 0.3) is 0 Å². The van der Waals surface area contributed by atoms with Gasteiger partial charge in [-0.1, -0.05) is 37.3 Å². The molecule has 2 aromatic rings. The molecule has 0 aliphatic carbocycles. The van der Waals surface area contributed by atoms with E-state index in [0.29, 0.717) is 32.8 Å². The highest BCUT2D eigenvalue weighted by Crippen LogP contribution is 2.14. The minimum Gasteiger partial charge on any atom is -0.375 e. The van der Waals surface area contributed by atoms with E-state index < -0.39 is 0 Å². The fourth-order valence-electron chi connectivity index (χ4n) is 3.00. The van der Waals surface area contributed by atoms with E-state index in [1.807, 2.05) is 41.3 Å². The zero-order valence-corrected chi connectivity index (χ0v) is 15.8. The van der Waals surface area contributed by atoms with Gasteiger partial charge in [0, 0.05) is 44.5 Å². The maximum Gasteiger partial charge on any atom is 0.317 e. The molecule has 0 atom stereocenters. The van der Waals surface area contributed by atoms with E-state index in [-0.39, 0.29) is 6.03 Å². The Morgan fingerprint density at radius 1 is 1.15 bits per heavy atom. The Morgan fingerprint density at radius 3 is 2.67 bits per heavy atom. The van der Waals surface area contributed by atoms with Crippen LogP contribution in [0, 0.1) is 0 Å². The molecular weight excluding hydrogens is 342 g/mol. The number of amides is 2. The molecule has 0 radical (unpaired) electrons. The summed E-state index contributed by atoms with van der Waals surface area (Å²) in [7, 11) is 0. The van der Waals surface area contributed by atoms with Crippen LogP contribution in [0.1, 0.15) is 18.2 Å². The smallest absolute Gasteiger partial charge is 0.317 e. The standard InChI is InChI=1S/C20H27N5O2/c1-2-18-14-19(23-16-22-18)24-9-11-25(12-10-24)20(26)21-8-13-27-15-17-6-4-3-5-7-17/h3-7,14,16H,2,8-13,15H2,1H3,(H,21,26). The Bertz CT molecular complexity index is 717. The van der Waals surface area contributed by atoms with Gasteiger partial charge in [0.2, 0.25) is 0 Å². The lowest BCUT2D eigenvalue weighted by Crippen LogP contribution is -2.52. The summed E-state index contributed by atoms with van der Waals surface area (Å²) < 4.78 is 5.60. The molecule has 27 heavy (non-hydrogen) atoms. The molecule has 2 heterocycles. The van der Waals surface area contributed by atoms with Gasteiger partial charge in [-0.15, -0.1) is 0 Å². The van der Waals surface area contributed by atoms with Crippen LogP contribution in [-0.2, 0) is 17.8 Å². The SMILES string of the molecule is CCc1cc(N2CCN(C(=O)NCCOCc3ccccc3)CC2)ncn1. The van der Waals surface area contributed by atoms with Gasteiger partial charge in [-0.3, -0.25) is 0 Å². The molecule has 144 valence electrons. The predicted octanol–water partition coefficient (Wildman–Crippen LogP) is 2.09. The van der Waals surface area contributed by atoms with Gasteiger partial charge in [0.15, 0.2) is 0 Å². The zero-order valence-electron chi connectivity index (χ0n) is 15.8. The third kappa shape index (κ3) is 5.65. The molecule has 1 aliphatic heterocycles. The lowest BCUT2D eigenvalue weighted by atomic mass is 10.2. The van der Waals surface area contributed by atoms with Crippen LogP contribution < -0.4 is 10.2 Å². The van der Waals surface area contributed by atoms with E-state index in [0.717, 1.165) is 36.6 Å². The highest BCUT2D eigenvalue weighted by atomic mass is 16.5. The molecule has 2 amide bonds. The zero-order chi connectivity index (χ0) is 18.9. The number of piperazine rings is 1. The first-order valence-corrected chi connectivity index (χ1v) is 9.46. The molecule has 0 saturated carbocycles. The van der Waals surface area contributed by atoms with Crippen molar-refractivity contribution in [1.29, 1.82) is 0 Å². The number of nitrogens with one attached hydrogen (secondary N) is 1. The highest BCUT2D eigenvalue weighted by Gasteiger charge is 2.21. The summed E-state index contributed by atoms with van der Waals surface area (Å²) in [6, 6.07) is 12.0. The number of rotatable bonds is 7. The van der Waals surface area contributed by atoms with E-state index >= 15 is 0 Å². The number of aryl methyl sites for hydroxylation is 1. The van der Waals surface area contributed by atoms with Gasteiger partial charge in [-0.2, -0.15) is 0 Å². The number of urea groups is 1. The molecule has 0 bridgehead atoms. The number of anilines is 1. The van der Waals surface area contributed by atoms with Crippen LogP contribution in [0.3, 0.4) is 0 Å². The van der Waals surface area contributed by atoms with E-state index in [2.05, 4.69) is 27.1 Å². The number of ether oxygens (including phenoxy) is 1. The molecule has 1 N–H and O–H groups in total. The van der Waals surface area contributed by atoms with Crippen molar-refractivity contribution in [2.24, 2.45) is 0 Å². The number of hydrogen-bond acceptors (Lipinski definition) is 5. The largest absolute Gasteiger partial charge is 0.375 e. The maximum atomic E-state index is 12.3. The molecule has 7 nitrogen and oxygen atoms in total. The van der Waals surface area contributed by atoms with E-state index in [1.165, 1.54) is 0 Å². The summed E-state index contributed by atoms with van der Waals surface area (Å²) in [5, 5.41) is 2.93. The fraction of sp³-hybridized carbons (Fsp3) is 0.450. The van der Waals surface area contributed by atoms with Crippen molar-refractivity contribution in [3.63, 3.8) is 0 Å². The van der Waals surface area contributed by atoms with Crippen molar-refractivity contribution in [2.75, 3.05) is 44.2 Å². The van der Waals surface area contributed by atoms with Crippen LogP contribution in [0.2, 0.25) is 0 Å². The van der Waals surface area contributed by atoms with E-state index in [4.69, 9.17) is 4.74 Å². The molecule has 1 fully saturated rings. The molecule has 1 aliphatic rings. The lowest BCUT2D eigenvalue weighted by molar-refractivity contribution is 0.121. The van der Waals surface area contributed by atoms with Crippen molar-refractivity contribution in [1.82, 2.24) is 20.2 Å². The Kier molecular flexibility index (Phi) is 6.98. The normalized spacial score (nSPS) is 14.3. The number of carbonyl (C=O) groups excluding carboxylic acids is 1. The van der Waals surface area contributed by atoms with Crippen LogP contribution in [-0.4, -0.2) is 60.2 Å². The first-order chi connectivity index (χ1) is 13.3. The Labute approximate surface area is 160 Å². The Hall–Kier alpha value is -2.67. The van der Waals surface area contributed by atoms with E-state index in [1.54, 1.807) is 6.33 Å². The van der Waals surface area contributed by atoms with Gasteiger partial charge in [-0.05, 0) is 12.0 Å². The van der Waals surface area contributed by atoms with Crippen molar-refractivity contribution in [3.05, 3.63) is 54.0 Å². The summed E-state index contributed by atoms with van der Waals surface area (Å²) in [4.78, 5) is 24.9. The molecule has 7 heteroatoms. The highest BCUT2D eigenvalue weighted by molar-refractivity contribution is 5.74. The van der Waals surface area contributed by atoms with Crippen LogP contribution in [0.4, 0.5) is 10.6 Å². The van der Waals surface area contributed by atoms with Gasteiger partial charge < -0.3 is 19.9 Å². The third-order valence-electron chi connectivity index (χ3n) is 4.60. The molecule has 3 rings (SSSR count). The van der Waals surface area contributed by atoms with Crippen LogP contribution in [0.5, 0.6) is 0 Å². The molecule has 0 unspecified atom stereocenters. The summed E-state index contributed by atoms with van der Waals surface area (Å²) in [6.45, 7) is 6.57. The second-order valence-corrected chi connectivity index (χ2v) is 6.47. The van der Waals surface area contributed by atoms with Crippen LogP contribution in [0.25, 0.3) is 0 Å². The van der Waals surface area contributed by atoms with Gasteiger partial charge in [0.05, 0.1) is 13.2 Å². The second kappa shape index (κ2) is 9.87. The van der Waals surface area contributed by atoms with Gasteiger partial charge >= 0.3 is 6.03 Å². The number of carbonyl (C=O) groups is 1. The van der Waals surface area contributed by atoms with Crippen molar-refractivity contribution >= 4 is 11.8 Å². The number of benzene rings is 1. The quantitative estimate of drug-likeness (QED) is 0.757. The first-order valence-electron chi connectivity index (χ1n) is 9.46. The molecule has 0 spiro atoms. The minimum atomic E-state index is -0.0325. The molecule has 1 aromatic carbocycles. The lowest BCUT2D eigenvalue weighted by Gasteiger charge is -2.35. The molecular formula is C20H27N5O2. The number of nitrogens with zero attached hydrogens (tertiary/aromatic N) is 4. The second-order valence-electron chi connectivity index (χ2n) is 6.47. The van der Waals surface area contributed by atoms with Crippen LogP contribution in [0.15, 0.2) is 42.7 Å².